The molecule has 0 spiro atoms. The van der Waals surface area contributed by atoms with E-state index in [4.69, 9.17) is 14.2 Å². The van der Waals surface area contributed by atoms with E-state index < -0.39 is 0 Å². The molecule has 0 saturated heterocycles. The first-order valence-electron chi connectivity index (χ1n) is 8.64. The molecule has 0 atom stereocenters. The van der Waals surface area contributed by atoms with E-state index in [1.54, 1.807) is 50.6 Å². The highest BCUT2D eigenvalue weighted by molar-refractivity contribution is 9.10. The molecule has 0 radical (unpaired) electrons. The summed E-state index contributed by atoms with van der Waals surface area (Å²) in [5.41, 5.74) is 3.68. The predicted octanol–water partition coefficient (Wildman–Crippen LogP) is 3.34. The minimum atomic E-state index is -0.377. The molecule has 2 amide bonds. The van der Waals surface area contributed by atoms with Crippen LogP contribution in [0.25, 0.3) is 0 Å². The van der Waals surface area contributed by atoms with E-state index in [2.05, 4.69) is 31.8 Å². The number of nitrogens with one attached hydrogen (secondary N) is 2. The van der Waals surface area contributed by atoms with Gasteiger partial charge >= 0.3 is 0 Å². The summed E-state index contributed by atoms with van der Waals surface area (Å²) < 4.78 is 16.3. The van der Waals surface area contributed by atoms with Crippen molar-refractivity contribution in [2.24, 2.45) is 5.10 Å². The van der Waals surface area contributed by atoms with Gasteiger partial charge in [0, 0.05) is 30.2 Å². The zero-order valence-corrected chi connectivity index (χ0v) is 17.9. The summed E-state index contributed by atoms with van der Waals surface area (Å²) in [5, 5.41) is 6.63. The van der Waals surface area contributed by atoms with Gasteiger partial charge in [0.15, 0.2) is 0 Å². The molecule has 0 aliphatic rings. The normalized spacial score (nSPS) is 10.5. The van der Waals surface area contributed by atoms with E-state index in [1.807, 2.05) is 0 Å². The molecule has 0 unspecified atom stereocenters. The van der Waals surface area contributed by atoms with Crippen LogP contribution in [-0.2, 0) is 9.59 Å². The van der Waals surface area contributed by atoms with E-state index in [0.29, 0.717) is 28.5 Å². The molecule has 9 heteroatoms. The molecular weight excluding hydrogens is 442 g/mol. The molecule has 29 heavy (non-hydrogen) atoms. The van der Waals surface area contributed by atoms with Crippen molar-refractivity contribution < 1.29 is 23.8 Å². The highest BCUT2D eigenvalue weighted by Crippen LogP contribution is 2.31. The van der Waals surface area contributed by atoms with Gasteiger partial charge in [-0.25, -0.2) is 5.43 Å². The maximum Gasteiger partial charge on any atom is 0.240 e. The number of nitrogens with zero attached hydrogens (tertiary/aromatic N) is 1. The monoisotopic (exact) mass is 463 g/mol. The Labute approximate surface area is 177 Å². The number of amides is 2. The Morgan fingerprint density at radius 3 is 2.24 bits per heavy atom. The summed E-state index contributed by atoms with van der Waals surface area (Å²) in [7, 11) is 4.65. The summed E-state index contributed by atoms with van der Waals surface area (Å²) in [6.07, 6.45) is 1.49. The smallest absolute Gasteiger partial charge is 0.240 e. The molecule has 0 aromatic heterocycles. The Morgan fingerprint density at radius 2 is 1.62 bits per heavy atom. The highest BCUT2D eigenvalue weighted by Gasteiger charge is 2.09. The van der Waals surface area contributed by atoms with Crippen molar-refractivity contribution in [3.8, 4) is 17.2 Å². The Balaban J connectivity index is 1.83. The topological polar surface area (TPSA) is 98.2 Å². The molecule has 2 rings (SSSR count). The lowest BCUT2D eigenvalue weighted by Gasteiger charge is -2.09. The first-order valence-corrected chi connectivity index (χ1v) is 9.43. The molecule has 8 nitrogen and oxygen atoms in total. The third kappa shape index (κ3) is 6.79. The van der Waals surface area contributed by atoms with Crippen LogP contribution >= 0.6 is 15.9 Å². The van der Waals surface area contributed by atoms with Crippen LogP contribution in [0.5, 0.6) is 17.2 Å². The van der Waals surface area contributed by atoms with E-state index in [1.165, 1.54) is 13.3 Å². The number of hydrogen-bond acceptors (Lipinski definition) is 6. The number of methoxy groups -OCH3 is 3. The maximum absolute atomic E-state index is 12.0. The number of ether oxygens (including phenoxy) is 3. The van der Waals surface area contributed by atoms with Crippen molar-refractivity contribution in [2.45, 2.75) is 12.8 Å². The first-order chi connectivity index (χ1) is 14.0. The Bertz CT molecular complexity index is 884. The van der Waals surface area contributed by atoms with Gasteiger partial charge in [0.25, 0.3) is 0 Å². The van der Waals surface area contributed by atoms with E-state index in [0.717, 1.165) is 4.47 Å². The second-order valence-electron chi connectivity index (χ2n) is 5.80. The summed E-state index contributed by atoms with van der Waals surface area (Å²) in [5.74, 6) is 1.21. The van der Waals surface area contributed by atoms with Gasteiger partial charge < -0.3 is 19.5 Å². The fourth-order valence-corrected chi connectivity index (χ4v) is 2.86. The number of benzene rings is 2. The summed E-state index contributed by atoms with van der Waals surface area (Å²) >= 11 is 3.39. The van der Waals surface area contributed by atoms with E-state index >= 15 is 0 Å². The molecule has 0 fully saturated rings. The number of rotatable bonds is 9. The van der Waals surface area contributed by atoms with Crippen molar-refractivity contribution in [1.29, 1.82) is 0 Å². The number of hydrogen-bond donors (Lipinski definition) is 2. The van der Waals surface area contributed by atoms with Gasteiger partial charge in [-0.3, -0.25) is 9.59 Å². The molecule has 0 saturated carbocycles. The Hall–Kier alpha value is -3.07. The zero-order valence-electron chi connectivity index (χ0n) is 16.3. The molecule has 0 bridgehead atoms. The molecule has 0 aliphatic carbocycles. The van der Waals surface area contributed by atoms with Gasteiger partial charge in [0.1, 0.15) is 17.2 Å². The van der Waals surface area contributed by atoms with Crippen LogP contribution in [0.2, 0.25) is 0 Å². The lowest BCUT2D eigenvalue weighted by Crippen LogP contribution is -2.20. The Morgan fingerprint density at radius 1 is 0.966 bits per heavy atom. The fourth-order valence-electron chi connectivity index (χ4n) is 2.34. The SMILES string of the molecule is COc1ccc(NC(=O)CCC(=O)NN=Cc2cc(Br)c(OC)cc2OC)cc1. The van der Waals surface area contributed by atoms with Crippen molar-refractivity contribution in [3.63, 3.8) is 0 Å². The molecule has 2 aromatic rings. The predicted molar refractivity (Wildman–Crippen MR) is 114 cm³/mol. The molecule has 0 heterocycles. The minimum absolute atomic E-state index is 0.00275. The van der Waals surface area contributed by atoms with Crippen LogP contribution in [-0.4, -0.2) is 39.4 Å². The molecular formula is C20H22BrN3O5. The van der Waals surface area contributed by atoms with E-state index in [-0.39, 0.29) is 24.7 Å². The number of anilines is 1. The third-order valence-electron chi connectivity index (χ3n) is 3.85. The van der Waals surface area contributed by atoms with Crippen LogP contribution < -0.4 is 25.0 Å². The number of halogens is 1. The summed E-state index contributed by atoms with van der Waals surface area (Å²) in [6.45, 7) is 0. The molecule has 2 aromatic carbocycles. The van der Waals surface area contributed by atoms with Crippen molar-refractivity contribution in [3.05, 3.63) is 46.4 Å². The van der Waals surface area contributed by atoms with Gasteiger partial charge in [-0.05, 0) is 46.3 Å². The van der Waals surface area contributed by atoms with Crippen LogP contribution in [0.3, 0.4) is 0 Å². The van der Waals surface area contributed by atoms with Crippen molar-refractivity contribution >= 4 is 39.6 Å². The average Bonchev–Trinajstić information content (AvgIpc) is 2.73. The Kier molecular flexibility index (Phi) is 8.47. The third-order valence-corrected chi connectivity index (χ3v) is 4.47. The van der Waals surface area contributed by atoms with Gasteiger partial charge in [0.05, 0.1) is 32.0 Å². The quantitative estimate of drug-likeness (QED) is 0.438. The summed E-state index contributed by atoms with van der Waals surface area (Å²) in [6, 6.07) is 10.4. The lowest BCUT2D eigenvalue weighted by atomic mass is 10.2. The summed E-state index contributed by atoms with van der Waals surface area (Å²) in [4.78, 5) is 23.9. The van der Waals surface area contributed by atoms with Gasteiger partial charge in [-0.1, -0.05) is 0 Å². The van der Waals surface area contributed by atoms with Crippen LogP contribution in [0.15, 0.2) is 46.0 Å². The fraction of sp³-hybridized carbons (Fsp3) is 0.250. The second kappa shape index (κ2) is 11.1. The van der Waals surface area contributed by atoms with E-state index in [9.17, 15) is 9.59 Å². The average molecular weight is 464 g/mol. The molecule has 2 N–H and O–H groups in total. The van der Waals surface area contributed by atoms with Crippen LogP contribution in [0.4, 0.5) is 5.69 Å². The number of hydrazone groups is 1. The molecule has 0 aliphatic heterocycles. The van der Waals surface area contributed by atoms with Gasteiger partial charge in [-0.2, -0.15) is 5.10 Å². The van der Waals surface area contributed by atoms with Crippen LogP contribution in [0, 0.1) is 0 Å². The zero-order chi connectivity index (χ0) is 21.2. The highest BCUT2D eigenvalue weighted by atomic mass is 79.9. The standard InChI is InChI=1S/C20H22BrN3O5/c1-27-15-6-4-14(5-7-15)23-19(25)8-9-20(26)24-22-12-13-10-16(21)18(29-3)11-17(13)28-2/h4-7,10-12H,8-9H2,1-3H3,(H,23,25)(H,24,26). The minimum Gasteiger partial charge on any atom is -0.497 e. The number of carbonyl (C=O) groups excluding carboxylic acids is 2. The largest absolute Gasteiger partial charge is 0.497 e. The lowest BCUT2D eigenvalue weighted by molar-refractivity contribution is -0.124. The first kappa shape index (κ1) is 22.2. The molecule has 154 valence electrons. The van der Waals surface area contributed by atoms with Gasteiger partial charge in [0.2, 0.25) is 11.8 Å². The second-order valence-corrected chi connectivity index (χ2v) is 6.65. The van der Waals surface area contributed by atoms with Crippen molar-refractivity contribution in [2.75, 3.05) is 26.6 Å². The number of carbonyl (C=O) groups is 2. The van der Waals surface area contributed by atoms with Gasteiger partial charge in [-0.15, -0.1) is 0 Å². The maximum atomic E-state index is 12.0. The van der Waals surface area contributed by atoms with Crippen LogP contribution in [0.1, 0.15) is 18.4 Å². The van der Waals surface area contributed by atoms with Crippen molar-refractivity contribution in [1.82, 2.24) is 5.43 Å².